The van der Waals surface area contributed by atoms with Gasteiger partial charge >= 0.3 is 0 Å². The third-order valence-electron chi connectivity index (χ3n) is 5.12. The Kier molecular flexibility index (Phi) is 5.25. The van der Waals surface area contributed by atoms with Crippen molar-refractivity contribution in [1.82, 2.24) is 4.90 Å². The smallest absolute Gasteiger partial charge is 0.237 e. The Bertz CT molecular complexity index is 982. The van der Waals surface area contributed by atoms with Gasteiger partial charge in [-0.1, -0.05) is 60.7 Å². The first-order chi connectivity index (χ1) is 13.7. The van der Waals surface area contributed by atoms with Crippen LogP contribution in [-0.4, -0.2) is 24.4 Å². The lowest BCUT2D eigenvalue weighted by atomic mass is 9.90. The topological polar surface area (TPSA) is 56.1 Å². The Balaban J connectivity index is 1.69. The molecule has 28 heavy (non-hydrogen) atoms. The Morgan fingerprint density at radius 3 is 2.29 bits per heavy atom. The van der Waals surface area contributed by atoms with Crippen molar-refractivity contribution in [3.8, 4) is 6.07 Å². The van der Waals surface area contributed by atoms with Gasteiger partial charge in [0.1, 0.15) is 11.1 Å². The van der Waals surface area contributed by atoms with E-state index in [0.717, 1.165) is 36.2 Å². The maximum atomic E-state index is 13.3. The molecule has 0 bridgehead atoms. The molecule has 4 nitrogen and oxygen atoms in total. The number of nitrogens with zero attached hydrogens (tertiary/aromatic N) is 2. The predicted octanol–water partition coefficient (Wildman–Crippen LogP) is 4.38. The molecule has 5 heteroatoms. The minimum atomic E-state index is -0.421. The highest BCUT2D eigenvalue weighted by Gasteiger charge is 2.27. The zero-order valence-electron chi connectivity index (χ0n) is 15.7. The van der Waals surface area contributed by atoms with Gasteiger partial charge in [0.2, 0.25) is 5.91 Å². The van der Waals surface area contributed by atoms with Crippen molar-refractivity contribution in [2.75, 3.05) is 18.9 Å². The molecule has 3 aromatic rings. The second kappa shape index (κ2) is 7.97. The summed E-state index contributed by atoms with van der Waals surface area (Å²) in [5.74, 6) is -0.531. The van der Waals surface area contributed by atoms with Gasteiger partial charge in [0.05, 0.1) is 11.5 Å². The van der Waals surface area contributed by atoms with Crippen LogP contribution in [0.25, 0.3) is 0 Å². The Labute approximate surface area is 169 Å². The first-order valence-corrected chi connectivity index (χ1v) is 10.1. The molecule has 1 aromatic heterocycles. The molecule has 140 valence electrons. The van der Waals surface area contributed by atoms with E-state index in [1.165, 1.54) is 16.2 Å². The zero-order valence-corrected chi connectivity index (χ0v) is 16.5. The van der Waals surface area contributed by atoms with Gasteiger partial charge in [-0.2, -0.15) is 5.26 Å². The second-order valence-corrected chi connectivity index (χ2v) is 8.16. The molecule has 1 aliphatic heterocycles. The van der Waals surface area contributed by atoms with Crippen LogP contribution in [-0.2, 0) is 17.8 Å². The summed E-state index contributed by atoms with van der Waals surface area (Å²) in [5, 5.41) is 13.4. The highest BCUT2D eigenvalue weighted by Crippen LogP contribution is 2.37. The van der Waals surface area contributed by atoms with Crippen molar-refractivity contribution in [2.24, 2.45) is 0 Å². The summed E-state index contributed by atoms with van der Waals surface area (Å²) in [7, 11) is 2.08. The van der Waals surface area contributed by atoms with Crippen molar-refractivity contribution in [1.29, 1.82) is 5.26 Å². The average molecular weight is 388 g/mol. The quantitative estimate of drug-likeness (QED) is 0.723. The molecular weight excluding hydrogens is 366 g/mol. The van der Waals surface area contributed by atoms with Crippen LogP contribution < -0.4 is 5.32 Å². The van der Waals surface area contributed by atoms with E-state index in [4.69, 9.17) is 0 Å². The number of carbonyl (C=O) groups is 1. The summed E-state index contributed by atoms with van der Waals surface area (Å²) >= 11 is 1.53. The third kappa shape index (κ3) is 3.57. The minimum Gasteiger partial charge on any atom is -0.316 e. The van der Waals surface area contributed by atoms with Crippen LogP contribution in [0.5, 0.6) is 0 Å². The minimum absolute atomic E-state index is 0.110. The normalized spacial score (nSPS) is 13.8. The van der Waals surface area contributed by atoms with Gasteiger partial charge in [0, 0.05) is 18.0 Å². The molecule has 0 atom stereocenters. The number of hydrogen-bond donors (Lipinski definition) is 1. The first kappa shape index (κ1) is 18.4. The van der Waals surface area contributed by atoms with Crippen LogP contribution in [0.4, 0.5) is 5.00 Å². The van der Waals surface area contributed by atoms with E-state index in [0.29, 0.717) is 10.6 Å². The summed E-state index contributed by atoms with van der Waals surface area (Å²) in [4.78, 5) is 16.8. The largest absolute Gasteiger partial charge is 0.316 e. The number of anilines is 1. The second-order valence-electron chi connectivity index (χ2n) is 7.05. The lowest BCUT2D eigenvalue weighted by molar-refractivity contribution is -0.116. The van der Waals surface area contributed by atoms with E-state index in [1.54, 1.807) is 0 Å². The number of hydrogen-bond acceptors (Lipinski definition) is 4. The van der Waals surface area contributed by atoms with Crippen molar-refractivity contribution in [2.45, 2.75) is 18.9 Å². The van der Waals surface area contributed by atoms with Crippen molar-refractivity contribution >= 4 is 22.2 Å². The monoisotopic (exact) mass is 387 g/mol. The Morgan fingerprint density at radius 1 is 1.11 bits per heavy atom. The molecule has 0 saturated carbocycles. The summed E-state index contributed by atoms with van der Waals surface area (Å²) in [6.07, 6.45) is 0.849. The van der Waals surface area contributed by atoms with Crippen LogP contribution in [0.1, 0.15) is 33.0 Å². The van der Waals surface area contributed by atoms with Crippen LogP contribution in [0.15, 0.2) is 60.7 Å². The number of rotatable bonds is 4. The fourth-order valence-electron chi connectivity index (χ4n) is 3.71. The average Bonchev–Trinajstić information content (AvgIpc) is 3.05. The highest BCUT2D eigenvalue weighted by atomic mass is 32.1. The van der Waals surface area contributed by atoms with Gasteiger partial charge in [-0.15, -0.1) is 11.3 Å². The highest BCUT2D eigenvalue weighted by molar-refractivity contribution is 7.16. The van der Waals surface area contributed by atoms with Crippen LogP contribution in [0.3, 0.4) is 0 Å². The number of amides is 1. The Morgan fingerprint density at radius 2 is 1.71 bits per heavy atom. The number of thiophene rings is 1. The Hall–Kier alpha value is -2.94. The molecule has 1 N–H and O–H groups in total. The third-order valence-corrected chi connectivity index (χ3v) is 6.26. The van der Waals surface area contributed by atoms with Crippen LogP contribution in [0.2, 0.25) is 0 Å². The molecule has 0 aliphatic carbocycles. The summed E-state index contributed by atoms with van der Waals surface area (Å²) < 4.78 is 0. The van der Waals surface area contributed by atoms with Crippen molar-refractivity contribution in [3.63, 3.8) is 0 Å². The van der Waals surface area contributed by atoms with E-state index in [1.807, 2.05) is 60.7 Å². The molecule has 0 radical (unpaired) electrons. The van der Waals surface area contributed by atoms with Crippen LogP contribution in [0, 0.1) is 11.3 Å². The molecule has 0 fully saturated rings. The summed E-state index contributed by atoms with van der Waals surface area (Å²) in [5.41, 5.74) is 3.59. The van der Waals surface area contributed by atoms with Crippen molar-refractivity contribution < 1.29 is 4.79 Å². The van der Waals surface area contributed by atoms with Gasteiger partial charge in [-0.05, 0) is 30.2 Å². The molecular formula is C23H21N3OS. The molecule has 2 aromatic carbocycles. The fraction of sp³-hybridized carbons (Fsp3) is 0.217. The van der Waals surface area contributed by atoms with Gasteiger partial charge in [0.15, 0.2) is 0 Å². The number of fused-ring (bicyclic) bond motifs is 1. The van der Waals surface area contributed by atoms with Gasteiger partial charge < -0.3 is 10.2 Å². The number of nitriles is 1. The van der Waals surface area contributed by atoms with Gasteiger partial charge in [-0.3, -0.25) is 4.79 Å². The number of nitrogens with one attached hydrogen (secondary N) is 1. The molecule has 0 unspecified atom stereocenters. The maximum Gasteiger partial charge on any atom is 0.237 e. The van der Waals surface area contributed by atoms with Crippen LogP contribution >= 0.6 is 11.3 Å². The van der Waals surface area contributed by atoms with Crippen molar-refractivity contribution in [3.05, 3.63) is 87.8 Å². The molecule has 1 aliphatic rings. The standard InChI is InChI=1S/C23H21N3OS/c1-26-13-12-18-19(14-24)23(28-20(18)15-26)25-22(27)21(16-8-4-2-5-9-16)17-10-6-3-7-11-17/h2-11,21H,12-13,15H2,1H3,(H,25,27). The fourth-order valence-corrected chi connectivity index (χ4v) is 4.99. The molecule has 1 amide bonds. The maximum absolute atomic E-state index is 13.3. The summed E-state index contributed by atoms with van der Waals surface area (Å²) in [6, 6.07) is 21.9. The molecule has 0 spiro atoms. The van der Waals surface area contributed by atoms with E-state index < -0.39 is 5.92 Å². The van der Waals surface area contributed by atoms with E-state index in [2.05, 4.69) is 23.3 Å². The van der Waals surface area contributed by atoms with E-state index in [-0.39, 0.29) is 5.91 Å². The van der Waals surface area contributed by atoms with Gasteiger partial charge in [0.25, 0.3) is 0 Å². The number of carbonyl (C=O) groups excluding carboxylic acids is 1. The zero-order chi connectivity index (χ0) is 19.5. The van der Waals surface area contributed by atoms with E-state index >= 15 is 0 Å². The summed E-state index contributed by atoms with van der Waals surface area (Å²) in [6.45, 7) is 1.76. The molecule has 2 heterocycles. The van der Waals surface area contributed by atoms with E-state index in [9.17, 15) is 10.1 Å². The lowest BCUT2D eigenvalue weighted by Gasteiger charge is -2.21. The first-order valence-electron chi connectivity index (χ1n) is 9.31. The number of benzene rings is 2. The lowest BCUT2D eigenvalue weighted by Crippen LogP contribution is -2.25. The number of likely N-dealkylation sites (N-methyl/N-ethyl adjacent to an activating group) is 1. The predicted molar refractivity (Wildman–Crippen MR) is 112 cm³/mol. The molecule has 0 saturated heterocycles. The molecule has 4 rings (SSSR count). The SMILES string of the molecule is CN1CCc2c(sc(NC(=O)C(c3ccccc3)c3ccccc3)c2C#N)C1. The van der Waals surface area contributed by atoms with Gasteiger partial charge in [-0.25, -0.2) is 0 Å².